The van der Waals surface area contributed by atoms with Crippen LogP contribution in [0.2, 0.25) is 0 Å². The zero-order valence-electron chi connectivity index (χ0n) is 13.4. The van der Waals surface area contributed by atoms with Crippen LogP contribution in [0.1, 0.15) is 38.8 Å². The summed E-state index contributed by atoms with van der Waals surface area (Å²) in [6.07, 6.45) is 1.72. The third kappa shape index (κ3) is 3.02. The van der Waals surface area contributed by atoms with E-state index in [0.717, 1.165) is 0 Å². The average molecular weight is 300 g/mol. The minimum Gasteiger partial charge on any atom is -0.400 e. The van der Waals surface area contributed by atoms with Gasteiger partial charge in [-0.1, -0.05) is 6.08 Å². The molecule has 6 heteroatoms. The molecule has 0 bridgehead atoms. The molecule has 1 fully saturated rings. The standard InChI is InChI=1S/C16H21BN2O3/c1-15(2)16(3,4)22-17(21-15)13(10-20)8-12-7-11(9-18)5-6-14(12)19/h5-8,20H,10,19H2,1-4H3. The van der Waals surface area contributed by atoms with Crippen LogP contribution in [-0.2, 0) is 9.31 Å². The number of anilines is 1. The van der Waals surface area contributed by atoms with Crippen molar-refractivity contribution in [1.82, 2.24) is 0 Å². The summed E-state index contributed by atoms with van der Waals surface area (Å²) in [6.45, 7) is 7.59. The van der Waals surface area contributed by atoms with E-state index in [9.17, 15) is 5.11 Å². The number of benzene rings is 1. The molecular weight excluding hydrogens is 279 g/mol. The van der Waals surface area contributed by atoms with Gasteiger partial charge >= 0.3 is 7.12 Å². The molecule has 5 nitrogen and oxygen atoms in total. The molecule has 0 atom stereocenters. The second kappa shape index (κ2) is 5.77. The van der Waals surface area contributed by atoms with Gasteiger partial charge in [-0.05, 0) is 56.9 Å². The van der Waals surface area contributed by atoms with Gasteiger partial charge in [-0.3, -0.25) is 0 Å². The summed E-state index contributed by atoms with van der Waals surface area (Å²) in [5.41, 5.74) is 7.24. The summed E-state index contributed by atoms with van der Waals surface area (Å²) < 4.78 is 11.9. The molecule has 0 spiro atoms. The van der Waals surface area contributed by atoms with Gasteiger partial charge in [-0.2, -0.15) is 5.26 Å². The number of hydrogen-bond donors (Lipinski definition) is 2. The maximum Gasteiger partial charge on any atom is 0.492 e. The normalized spacial score (nSPS) is 20.0. The molecule has 1 saturated heterocycles. The summed E-state index contributed by atoms with van der Waals surface area (Å²) >= 11 is 0. The first-order valence-electron chi connectivity index (χ1n) is 7.17. The Morgan fingerprint density at radius 1 is 1.32 bits per heavy atom. The third-order valence-electron chi connectivity index (χ3n) is 4.30. The highest BCUT2D eigenvalue weighted by Gasteiger charge is 2.52. The van der Waals surface area contributed by atoms with Crippen LogP contribution in [0.5, 0.6) is 0 Å². The SMILES string of the molecule is CC1(C)OB(C(=Cc2cc(C#N)ccc2N)CO)OC1(C)C. The second-order valence-electron chi connectivity index (χ2n) is 6.42. The first-order chi connectivity index (χ1) is 10.2. The number of nitriles is 1. The molecule has 116 valence electrons. The van der Waals surface area contributed by atoms with E-state index in [0.29, 0.717) is 22.3 Å². The zero-order chi connectivity index (χ0) is 16.5. The molecule has 1 aliphatic rings. The average Bonchev–Trinajstić information content (AvgIpc) is 2.66. The van der Waals surface area contributed by atoms with Crippen LogP contribution in [0.3, 0.4) is 0 Å². The maximum absolute atomic E-state index is 9.67. The number of aliphatic hydroxyl groups excluding tert-OH is 1. The van der Waals surface area contributed by atoms with E-state index in [4.69, 9.17) is 20.3 Å². The van der Waals surface area contributed by atoms with Gasteiger partial charge in [-0.25, -0.2) is 0 Å². The number of hydrogen-bond acceptors (Lipinski definition) is 5. The van der Waals surface area contributed by atoms with Gasteiger partial charge in [0.1, 0.15) is 0 Å². The predicted octanol–water partition coefficient (Wildman–Crippen LogP) is 2.15. The zero-order valence-corrected chi connectivity index (χ0v) is 13.4. The Labute approximate surface area is 131 Å². The molecule has 0 unspecified atom stereocenters. The highest BCUT2D eigenvalue weighted by Crippen LogP contribution is 2.38. The summed E-state index contributed by atoms with van der Waals surface area (Å²) in [4.78, 5) is 0. The van der Waals surface area contributed by atoms with Crippen LogP contribution in [0.15, 0.2) is 23.7 Å². The molecule has 0 aliphatic carbocycles. The molecule has 22 heavy (non-hydrogen) atoms. The Balaban J connectivity index is 2.36. The molecule has 3 N–H and O–H groups in total. The number of nitrogens with zero attached hydrogens (tertiary/aromatic N) is 1. The molecule has 0 saturated carbocycles. The minimum absolute atomic E-state index is 0.215. The summed E-state index contributed by atoms with van der Waals surface area (Å²) in [5, 5.41) is 18.7. The van der Waals surface area contributed by atoms with Crippen molar-refractivity contribution >= 4 is 18.9 Å². The highest BCUT2D eigenvalue weighted by molar-refractivity contribution is 6.55. The van der Waals surface area contributed by atoms with Crippen molar-refractivity contribution in [3.8, 4) is 6.07 Å². The van der Waals surface area contributed by atoms with Crippen LogP contribution < -0.4 is 5.73 Å². The van der Waals surface area contributed by atoms with Crippen molar-refractivity contribution in [2.45, 2.75) is 38.9 Å². The van der Waals surface area contributed by atoms with Crippen LogP contribution in [-0.4, -0.2) is 30.0 Å². The van der Waals surface area contributed by atoms with Gasteiger partial charge in [0.15, 0.2) is 0 Å². The minimum atomic E-state index is -0.639. The smallest absolute Gasteiger partial charge is 0.400 e. The van der Waals surface area contributed by atoms with E-state index in [1.54, 1.807) is 24.3 Å². The lowest BCUT2D eigenvalue weighted by molar-refractivity contribution is 0.00578. The Morgan fingerprint density at radius 2 is 1.91 bits per heavy atom. The quantitative estimate of drug-likeness (QED) is 0.659. The van der Waals surface area contributed by atoms with Crippen molar-refractivity contribution in [2.24, 2.45) is 0 Å². The Bertz CT molecular complexity index is 631. The Kier molecular flexibility index (Phi) is 4.34. The second-order valence-corrected chi connectivity index (χ2v) is 6.42. The third-order valence-corrected chi connectivity index (χ3v) is 4.30. The van der Waals surface area contributed by atoms with Gasteiger partial charge in [0.2, 0.25) is 0 Å². The van der Waals surface area contributed by atoms with Gasteiger partial charge in [-0.15, -0.1) is 0 Å². The van der Waals surface area contributed by atoms with E-state index in [2.05, 4.69) is 6.07 Å². The lowest BCUT2D eigenvalue weighted by Crippen LogP contribution is -2.41. The fourth-order valence-electron chi connectivity index (χ4n) is 2.15. The van der Waals surface area contributed by atoms with Crippen molar-refractivity contribution in [2.75, 3.05) is 12.3 Å². The lowest BCUT2D eigenvalue weighted by atomic mass is 9.77. The van der Waals surface area contributed by atoms with Crippen LogP contribution >= 0.6 is 0 Å². The van der Waals surface area contributed by atoms with Crippen molar-refractivity contribution in [1.29, 1.82) is 5.26 Å². The van der Waals surface area contributed by atoms with Gasteiger partial charge < -0.3 is 20.1 Å². The number of aliphatic hydroxyl groups is 1. The van der Waals surface area contributed by atoms with Crippen LogP contribution in [0, 0.1) is 11.3 Å². The molecule has 1 aromatic rings. The predicted molar refractivity (Wildman–Crippen MR) is 86.7 cm³/mol. The van der Waals surface area contributed by atoms with E-state index < -0.39 is 18.3 Å². The van der Waals surface area contributed by atoms with Crippen molar-refractivity contribution in [3.63, 3.8) is 0 Å². The first-order valence-corrected chi connectivity index (χ1v) is 7.17. The largest absolute Gasteiger partial charge is 0.492 e. The molecule has 1 aromatic carbocycles. The topological polar surface area (TPSA) is 88.5 Å². The molecular formula is C16H21BN2O3. The fourth-order valence-corrected chi connectivity index (χ4v) is 2.15. The van der Waals surface area contributed by atoms with Crippen molar-refractivity contribution < 1.29 is 14.4 Å². The molecule has 0 radical (unpaired) electrons. The fraction of sp³-hybridized carbons (Fsp3) is 0.438. The summed E-state index contributed by atoms with van der Waals surface area (Å²) in [5.74, 6) is 0. The van der Waals surface area contributed by atoms with Crippen LogP contribution in [0.25, 0.3) is 6.08 Å². The number of nitrogens with two attached hydrogens (primary N) is 1. The van der Waals surface area contributed by atoms with Gasteiger partial charge in [0.05, 0.1) is 29.4 Å². The Morgan fingerprint density at radius 3 is 2.41 bits per heavy atom. The van der Waals surface area contributed by atoms with Crippen molar-refractivity contribution in [3.05, 3.63) is 34.8 Å². The van der Waals surface area contributed by atoms with Gasteiger partial charge in [0, 0.05) is 5.69 Å². The molecule has 1 heterocycles. The lowest BCUT2D eigenvalue weighted by Gasteiger charge is -2.32. The molecule has 0 aromatic heterocycles. The van der Waals surface area contributed by atoms with E-state index >= 15 is 0 Å². The molecule has 0 amide bonds. The Hall–Kier alpha value is -1.81. The molecule has 2 rings (SSSR count). The molecule has 1 aliphatic heterocycles. The van der Waals surface area contributed by atoms with E-state index in [-0.39, 0.29) is 6.61 Å². The van der Waals surface area contributed by atoms with E-state index in [1.807, 2.05) is 27.7 Å². The van der Waals surface area contributed by atoms with E-state index in [1.165, 1.54) is 0 Å². The van der Waals surface area contributed by atoms with Crippen LogP contribution in [0.4, 0.5) is 5.69 Å². The van der Waals surface area contributed by atoms with Gasteiger partial charge in [0.25, 0.3) is 0 Å². The number of nitrogen functional groups attached to an aromatic ring is 1. The summed E-state index contributed by atoms with van der Waals surface area (Å²) in [7, 11) is -0.639. The monoisotopic (exact) mass is 300 g/mol. The first kappa shape index (κ1) is 16.6. The maximum atomic E-state index is 9.67. The number of rotatable bonds is 3. The highest BCUT2D eigenvalue weighted by atomic mass is 16.7. The summed E-state index contributed by atoms with van der Waals surface area (Å²) in [6, 6.07) is 7.07.